The van der Waals surface area contributed by atoms with Gasteiger partial charge in [0, 0.05) is 20.0 Å². The highest BCUT2D eigenvalue weighted by Crippen LogP contribution is 2.26. The van der Waals surface area contributed by atoms with Crippen LogP contribution in [0.15, 0.2) is 11.5 Å². The average Bonchev–Trinajstić information content (AvgIpc) is 2.29. The maximum atomic E-state index is 11.6. The van der Waals surface area contributed by atoms with Crippen LogP contribution in [0.2, 0.25) is 0 Å². The lowest BCUT2D eigenvalue weighted by atomic mass is 10.3. The second-order valence-corrected chi connectivity index (χ2v) is 4.02. The second kappa shape index (κ2) is 3.19. The molecule has 2 heterocycles. The number of amides is 1. The molecular weight excluding hydrogens is 178 g/mol. The Kier molecular flexibility index (Phi) is 2.13. The van der Waals surface area contributed by atoms with E-state index in [1.165, 1.54) is 0 Å². The van der Waals surface area contributed by atoms with Gasteiger partial charge in [-0.2, -0.15) is 0 Å². The van der Waals surface area contributed by atoms with Gasteiger partial charge in [0.05, 0.1) is 11.9 Å². The van der Waals surface area contributed by atoms with Crippen LogP contribution >= 0.6 is 0 Å². The first-order valence-corrected chi connectivity index (χ1v) is 5.12. The number of hydrogen-bond acceptors (Lipinski definition) is 3. The third-order valence-corrected chi connectivity index (χ3v) is 2.98. The molecule has 0 bridgehead atoms. The molecule has 0 aliphatic carbocycles. The molecule has 4 heteroatoms. The van der Waals surface area contributed by atoms with Gasteiger partial charge in [-0.05, 0) is 20.3 Å². The van der Waals surface area contributed by atoms with Crippen molar-refractivity contribution < 1.29 is 4.79 Å². The van der Waals surface area contributed by atoms with Gasteiger partial charge in [0.25, 0.3) is 0 Å². The maximum Gasteiger partial charge on any atom is 0.227 e. The highest BCUT2D eigenvalue weighted by atomic mass is 16.2. The summed E-state index contributed by atoms with van der Waals surface area (Å²) >= 11 is 0. The molecule has 0 saturated carbocycles. The molecule has 2 aliphatic heterocycles. The molecule has 2 aliphatic rings. The standard InChI is InChI=1S/C10H17N3O/c1-7-10-12(3)9(14)5-4-6-13(10)8(2)11-7/h8,11H,4-6H2,1-3H3. The predicted molar refractivity (Wildman–Crippen MR) is 54.0 cm³/mol. The smallest absolute Gasteiger partial charge is 0.227 e. The van der Waals surface area contributed by atoms with Crippen molar-refractivity contribution in [2.75, 3.05) is 13.6 Å². The molecule has 78 valence electrons. The van der Waals surface area contributed by atoms with Crippen molar-refractivity contribution in [1.29, 1.82) is 0 Å². The minimum atomic E-state index is 0.220. The van der Waals surface area contributed by atoms with Crippen molar-refractivity contribution in [2.24, 2.45) is 0 Å². The highest BCUT2D eigenvalue weighted by Gasteiger charge is 2.32. The molecule has 1 unspecified atom stereocenters. The van der Waals surface area contributed by atoms with Gasteiger partial charge in [0.1, 0.15) is 5.82 Å². The summed E-state index contributed by atoms with van der Waals surface area (Å²) in [4.78, 5) is 15.7. The van der Waals surface area contributed by atoms with E-state index in [1.54, 1.807) is 4.90 Å². The first-order chi connectivity index (χ1) is 6.61. The Bertz CT molecular complexity index is 298. The number of rotatable bonds is 0. The largest absolute Gasteiger partial charge is 0.366 e. The van der Waals surface area contributed by atoms with Crippen LogP contribution in [0.3, 0.4) is 0 Å². The molecule has 1 saturated heterocycles. The predicted octanol–water partition coefficient (Wildman–Crippen LogP) is 0.679. The van der Waals surface area contributed by atoms with Crippen LogP contribution in [-0.2, 0) is 4.79 Å². The van der Waals surface area contributed by atoms with Crippen molar-refractivity contribution in [3.05, 3.63) is 11.5 Å². The number of hydrogen-bond donors (Lipinski definition) is 1. The number of allylic oxidation sites excluding steroid dienone is 1. The number of nitrogens with zero attached hydrogens (tertiary/aromatic N) is 2. The van der Waals surface area contributed by atoms with Crippen molar-refractivity contribution >= 4 is 5.91 Å². The van der Waals surface area contributed by atoms with Gasteiger partial charge in [-0.1, -0.05) is 0 Å². The summed E-state index contributed by atoms with van der Waals surface area (Å²) in [6, 6.07) is 0. The first kappa shape index (κ1) is 9.37. The summed E-state index contributed by atoms with van der Waals surface area (Å²) in [6.45, 7) is 5.12. The van der Waals surface area contributed by atoms with E-state index < -0.39 is 0 Å². The fourth-order valence-electron chi connectivity index (χ4n) is 2.28. The van der Waals surface area contributed by atoms with Gasteiger partial charge in [-0.15, -0.1) is 0 Å². The summed E-state index contributed by atoms with van der Waals surface area (Å²) in [7, 11) is 1.86. The molecule has 0 spiro atoms. The Morgan fingerprint density at radius 3 is 2.93 bits per heavy atom. The van der Waals surface area contributed by atoms with Crippen molar-refractivity contribution in [3.63, 3.8) is 0 Å². The van der Waals surface area contributed by atoms with Gasteiger partial charge in [-0.25, -0.2) is 0 Å². The topological polar surface area (TPSA) is 35.6 Å². The van der Waals surface area contributed by atoms with Crippen LogP contribution in [-0.4, -0.2) is 35.5 Å². The fraction of sp³-hybridized carbons (Fsp3) is 0.700. The zero-order chi connectivity index (χ0) is 10.3. The van der Waals surface area contributed by atoms with E-state index in [2.05, 4.69) is 17.1 Å². The molecule has 0 radical (unpaired) electrons. The zero-order valence-electron chi connectivity index (χ0n) is 9.00. The molecule has 1 N–H and O–H groups in total. The van der Waals surface area contributed by atoms with Gasteiger partial charge in [0.2, 0.25) is 5.91 Å². The van der Waals surface area contributed by atoms with Crippen LogP contribution in [0.25, 0.3) is 0 Å². The van der Waals surface area contributed by atoms with E-state index in [1.807, 2.05) is 14.0 Å². The van der Waals surface area contributed by atoms with Gasteiger partial charge in [0.15, 0.2) is 0 Å². The zero-order valence-corrected chi connectivity index (χ0v) is 9.00. The monoisotopic (exact) mass is 195 g/mol. The summed E-state index contributed by atoms with van der Waals surface area (Å²) in [6.07, 6.45) is 1.93. The molecule has 0 aromatic carbocycles. The molecule has 1 amide bonds. The van der Waals surface area contributed by atoms with Gasteiger partial charge >= 0.3 is 0 Å². The lowest BCUT2D eigenvalue weighted by molar-refractivity contribution is -0.128. The molecule has 1 atom stereocenters. The molecule has 14 heavy (non-hydrogen) atoms. The maximum absolute atomic E-state index is 11.6. The van der Waals surface area contributed by atoms with E-state index in [4.69, 9.17) is 0 Å². The van der Waals surface area contributed by atoms with Gasteiger partial charge < -0.3 is 15.1 Å². The number of fused-ring (bicyclic) bond motifs is 1. The Labute approximate surface area is 84.6 Å². The Hall–Kier alpha value is -1.19. The summed E-state index contributed by atoms with van der Waals surface area (Å²) in [5.74, 6) is 1.28. The lowest BCUT2D eigenvalue weighted by Gasteiger charge is -2.27. The third-order valence-electron chi connectivity index (χ3n) is 2.98. The minimum absolute atomic E-state index is 0.220. The quantitative estimate of drug-likeness (QED) is 0.617. The SMILES string of the molecule is CC1=C2N(C)C(=O)CCCN2C(C)N1. The Morgan fingerprint density at radius 1 is 1.50 bits per heavy atom. The molecule has 4 nitrogen and oxygen atoms in total. The fourth-order valence-corrected chi connectivity index (χ4v) is 2.28. The van der Waals surface area contributed by atoms with Gasteiger partial charge in [-0.3, -0.25) is 4.79 Å². The number of carbonyl (C=O) groups is 1. The Morgan fingerprint density at radius 2 is 2.21 bits per heavy atom. The highest BCUT2D eigenvalue weighted by molar-refractivity contribution is 5.78. The van der Waals surface area contributed by atoms with Crippen LogP contribution < -0.4 is 5.32 Å². The van der Waals surface area contributed by atoms with E-state index >= 15 is 0 Å². The van der Waals surface area contributed by atoms with Crippen LogP contribution in [0.1, 0.15) is 26.7 Å². The van der Waals surface area contributed by atoms with Crippen LogP contribution in [0, 0.1) is 0 Å². The lowest BCUT2D eigenvalue weighted by Crippen LogP contribution is -2.37. The van der Waals surface area contributed by atoms with E-state index in [9.17, 15) is 4.79 Å². The first-order valence-electron chi connectivity index (χ1n) is 5.12. The minimum Gasteiger partial charge on any atom is -0.366 e. The average molecular weight is 195 g/mol. The second-order valence-electron chi connectivity index (χ2n) is 4.02. The summed E-state index contributed by atoms with van der Waals surface area (Å²) < 4.78 is 0. The number of carbonyl (C=O) groups excluding carboxylic acids is 1. The van der Waals surface area contributed by atoms with Crippen LogP contribution in [0.4, 0.5) is 0 Å². The number of nitrogens with one attached hydrogen (secondary N) is 1. The summed E-state index contributed by atoms with van der Waals surface area (Å²) in [5, 5.41) is 3.35. The Balaban J connectivity index is 2.34. The molecule has 0 aromatic heterocycles. The summed E-state index contributed by atoms with van der Waals surface area (Å²) in [5.41, 5.74) is 1.11. The van der Waals surface area contributed by atoms with Crippen molar-refractivity contribution in [2.45, 2.75) is 32.9 Å². The molecular formula is C10H17N3O. The van der Waals surface area contributed by atoms with Crippen LogP contribution in [0.5, 0.6) is 0 Å². The third kappa shape index (κ3) is 1.25. The van der Waals surface area contributed by atoms with E-state index in [0.717, 1.165) is 24.5 Å². The van der Waals surface area contributed by atoms with E-state index in [-0.39, 0.29) is 5.91 Å². The molecule has 1 fully saturated rings. The molecule has 0 aromatic rings. The van der Waals surface area contributed by atoms with Crippen molar-refractivity contribution in [3.8, 4) is 0 Å². The normalized spacial score (nSPS) is 27.6. The van der Waals surface area contributed by atoms with Crippen molar-refractivity contribution in [1.82, 2.24) is 15.1 Å². The van der Waals surface area contributed by atoms with E-state index in [0.29, 0.717) is 12.6 Å². The molecule has 2 rings (SSSR count).